The Morgan fingerprint density at radius 1 is 1.47 bits per heavy atom. The van der Waals surface area contributed by atoms with E-state index >= 15 is 0 Å². The van der Waals surface area contributed by atoms with Crippen LogP contribution in [0.1, 0.15) is 19.8 Å². The second kappa shape index (κ2) is 5.09. The fraction of sp³-hybridized carbons (Fsp3) is 0.500. The van der Waals surface area contributed by atoms with Crippen LogP contribution in [0.2, 0.25) is 0 Å². The summed E-state index contributed by atoms with van der Waals surface area (Å²) in [5.74, 6) is 0.525. The van der Waals surface area contributed by atoms with Crippen LogP contribution in [0.5, 0.6) is 0 Å². The summed E-state index contributed by atoms with van der Waals surface area (Å²) < 4.78 is 11.3. The van der Waals surface area contributed by atoms with Crippen molar-refractivity contribution in [1.82, 2.24) is 4.98 Å². The summed E-state index contributed by atoms with van der Waals surface area (Å²) in [6.45, 7) is 3.83. The average Bonchev–Trinajstić information content (AvgIpc) is 3.02. The molecule has 1 fully saturated rings. The van der Waals surface area contributed by atoms with Crippen LogP contribution in [-0.2, 0) is 4.74 Å². The number of nitrogen functional groups attached to an aromatic ring is 1. The van der Waals surface area contributed by atoms with Crippen LogP contribution in [-0.4, -0.2) is 24.2 Å². The van der Waals surface area contributed by atoms with Gasteiger partial charge in [-0.05, 0) is 25.0 Å². The maximum atomic E-state index is 5.86. The van der Waals surface area contributed by atoms with Crippen molar-refractivity contribution in [3.05, 3.63) is 18.2 Å². The van der Waals surface area contributed by atoms with Gasteiger partial charge in [0.15, 0.2) is 5.58 Å². The Morgan fingerprint density at radius 3 is 3.16 bits per heavy atom. The Hall–Kier alpha value is -1.75. The summed E-state index contributed by atoms with van der Waals surface area (Å²) in [5, 5.41) is 3.25. The molecule has 0 radical (unpaired) electrons. The Balaban J connectivity index is 1.70. The van der Waals surface area contributed by atoms with E-state index in [-0.39, 0.29) is 0 Å². The van der Waals surface area contributed by atoms with Gasteiger partial charge < -0.3 is 20.2 Å². The quantitative estimate of drug-likeness (QED) is 0.828. The average molecular weight is 261 g/mol. The molecule has 2 atom stereocenters. The monoisotopic (exact) mass is 261 g/mol. The van der Waals surface area contributed by atoms with E-state index in [0.29, 0.717) is 23.7 Å². The molecule has 2 heterocycles. The highest BCUT2D eigenvalue weighted by Crippen LogP contribution is 2.26. The maximum Gasteiger partial charge on any atom is 0.295 e. The lowest BCUT2D eigenvalue weighted by molar-refractivity contribution is 0.0899. The largest absolute Gasteiger partial charge is 0.423 e. The number of aromatic nitrogens is 1. The van der Waals surface area contributed by atoms with Gasteiger partial charge >= 0.3 is 0 Å². The van der Waals surface area contributed by atoms with Gasteiger partial charge in [0.25, 0.3) is 6.01 Å². The lowest BCUT2D eigenvalue weighted by atomic mass is 10.00. The number of anilines is 2. The minimum Gasteiger partial charge on any atom is -0.423 e. The molecule has 0 amide bonds. The normalized spacial score (nSPS) is 23.0. The van der Waals surface area contributed by atoms with Crippen molar-refractivity contribution in [2.45, 2.75) is 25.9 Å². The van der Waals surface area contributed by atoms with E-state index < -0.39 is 0 Å². The first-order valence-corrected chi connectivity index (χ1v) is 6.78. The highest BCUT2D eigenvalue weighted by atomic mass is 16.5. The second-order valence-electron chi connectivity index (χ2n) is 4.96. The summed E-state index contributed by atoms with van der Waals surface area (Å²) in [6, 6.07) is 6.10. The highest BCUT2D eigenvalue weighted by molar-refractivity contribution is 5.86. The summed E-state index contributed by atoms with van der Waals surface area (Å²) >= 11 is 0. The lowest BCUT2D eigenvalue weighted by Crippen LogP contribution is -2.22. The number of hydrogen-bond donors (Lipinski definition) is 2. The van der Waals surface area contributed by atoms with Crippen LogP contribution in [0, 0.1) is 5.92 Å². The second-order valence-corrected chi connectivity index (χ2v) is 4.96. The fourth-order valence-corrected chi connectivity index (χ4v) is 2.64. The minimum atomic E-state index is 0.349. The first kappa shape index (κ1) is 12.3. The molecule has 19 heavy (non-hydrogen) atoms. The number of hydrogen-bond acceptors (Lipinski definition) is 5. The molecule has 3 N–H and O–H groups in total. The highest BCUT2D eigenvalue weighted by Gasteiger charge is 2.26. The molecule has 1 aromatic carbocycles. The SMILES string of the molecule is CCC1OCCC1CNc1nc2c(N)cccc2o1. The molecule has 5 heteroatoms. The third-order valence-electron chi connectivity index (χ3n) is 3.71. The smallest absolute Gasteiger partial charge is 0.295 e. The van der Waals surface area contributed by atoms with E-state index in [2.05, 4.69) is 17.2 Å². The van der Waals surface area contributed by atoms with Gasteiger partial charge in [0, 0.05) is 19.1 Å². The van der Waals surface area contributed by atoms with Crippen LogP contribution in [0.25, 0.3) is 11.1 Å². The van der Waals surface area contributed by atoms with Crippen molar-refractivity contribution in [3.63, 3.8) is 0 Å². The van der Waals surface area contributed by atoms with Crippen molar-refractivity contribution < 1.29 is 9.15 Å². The summed E-state index contributed by atoms with van der Waals surface area (Å²) in [4.78, 5) is 4.38. The van der Waals surface area contributed by atoms with E-state index in [4.69, 9.17) is 14.9 Å². The van der Waals surface area contributed by atoms with Crippen LogP contribution >= 0.6 is 0 Å². The molecule has 1 saturated heterocycles. The molecule has 0 bridgehead atoms. The predicted molar refractivity (Wildman–Crippen MR) is 75.0 cm³/mol. The summed E-state index contributed by atoms with van der Waals surface area (Å²) in [5.41, 5.74) is 7.95. The van der Waals surface area contributed by atoms with E-state index in [1.807, 2.05) is 18.2 Å². The first-order valence-electron chi connectivity index (χ1n) is 6.78. The Bertz CT molecular complexity index is 567. The molecule has 1 aliphatic heterocycles. The van der Waals surface area contributed by atoms with Crippen LogP contribution < -0.4 is 11.1 Å². The van der Waals surface area contributed by atoms with E-state index in [1.54, 1.807) is 0 Å². The van der Waals surface area contributed by atoms with Gasteiger partial charge in [-0.15, -0.1) is 0 Å². The molecule has 2 unspecified atom stereocenters. The molecule has 5 nitrogen and oxygen atoms in total. The number of oxazole rings is 1. The van der Waals surface area contributed by atoms with Gasteiger partial charge in [-0.2, -0.15) is 4.98 Å². The van der Waals surface area contributed by atoms with Crippen molar-refractivity contribution >= 4 is 22.8 Å². The number of fused-ring (bicyclic) bond motifs is 1. The van der Waals surface area contributed by atoms with Crippen LogP contribution in [0.3, 0.4) is 0 Å². The Kier molecular flexibility index (Phi) is 3.29. The van der Waals surface area contributed by atoms with Gasteiger partial charge in [0.05, 0.1) is 11.8 Å². The molecule has 1 aliphatic rings. The standard InChI is InChI=1S/C14H19N3O2/c1-2-11-9(6-7-18-11)8-16-14-17-13-10(15)4-3-5-12(13)19-14/h3-5,9,11H,2,6-8,15H2,1H3,(H,16,17). The number of ether oxygens (including phenoxy) is 1. The van der Waals surface area contributed by atoms with Gasteiger partial charge in [0.2, 0.25) is 0 Å². The molecule has 102 valence electrons. The predicted octanol–water partition coefficient (Wildman–Crippen LogP) is 2.64. The molecular weight excluding hydrogens is 242 g/mol. The number of benzene rings is 1. The maximum absolute atomic E-state index is 5.86. The van der Waals surface area contributed by atoms with Crippen molar-refractivity contribution in [1.29, 1.82) is 0 Å². The fourth-order valence-electron chi connectivity index (χ4n) is 2.64. The van der Waals surface area contributed by atoms with E-state index in [0.717, 1.165) is 37.1 Å². The van der Waals surface area contributed by atoms with E-state index in [1.165, 1.54) is 0 Å². The molecule has 1 aromatic heterocycles. The zero-order valence-corrected chi connectivity index (χ0v) is 11.1. The molecule has 0 saturated carbocycles. The van der Waals surface area contributed by atoms with Crippen LogP contribution in [0.15, 0.2) is 22.6 Å². The number of para-hydroxylation sites is 1. The molecule has 0 aliphatic carbocycles. The van der Waals surface area contributed by atoms with Crippen molar-refractivity contribution in [2.24, 2.45) is 5.92 Å². The third-order valence-corrected chi connectivity index (χ3v) is 3.71. The number of rotatable bonds is 4. The van der Waals surface area contributed by atoms with Gasteiger partial charge in [0.1, 0.15) is 5.52 Å². The number of nitrogens with one attached hydrogen (secondary N) is 1. The number of nitrogens with two attached hydrogens (primary N) is 1. The zero-order chi connectivity index (χ0) is 13.2. The van der Waals surface area contributed by atoms with E-state index in [9.17, 15) is 0 Å². The van der Waals surface area contributed by atoms with Crippen molar-refractivity contribution in [2.75, 3.05) is 24.2 Å². The lowest BCUT2D eigenvalue weighted by Gasteiger charge is -2.16. The third kappa shape index (κ3) is 2.38. The molecular formula is C14H19N3O2. The molecule has 3 rings (SSSR count). The van der Waals surface area contributed by atoms with Crippen molar-refractivity contribution in [3.8, 4) is 0 Å². The summed E-state index contributed by atoms with van der Waals surface area (Å²) in [7, 11) is 0. The Labute approximate surface area is 112 Å². The minimum absolute atomic E-state index is 0.349. The Morgan fingerprint density at radius 2 is 2.37 bits per heavy atom. The first-order chi connectivity index (χ1) is 9.28. The van der Waals surface area contributed by atoms with Crippen LogP contribution in [0.4, 0.5) is 11.7 Å². The molecule has 2 aromatic rings. The zero-order valence-electron chi connectivity index (χ0n) is 11.1. The topological polar surface area (TPSA) is 73.3 Å². The number of nitrogens with zero attached hydrogens (tertiary/aromatic N) is 1. The van der Waals surface area contributed by atoms with Gasteiger partial charge in [-0.1, -0.05) is 13.0 Å². The summed E-state index contributed by atoms with van der Waals surface area (Å²) in [6.07, 6.45) is 2.49. The van der Waals surface area contributed by atoms with Gasteiger partial charge in [-0.25, -0.2) is 0 Å². The molecule has 0 spiro atoms. The van der Waals surface area contributed by atoms with Gasteiger partial charge in [-0.3, -0.25) is 0 Å².